The van der Waals surface area contributed by atoms with Gasteiger partial charge in [-0.15, -0.1) is 35.5 Å². The zero-order valence-corrected chi connectivity index (χ0v) is 17.9. The van der Waals surface area contributed by atoms with Gasteiger partial charge >= 0.3 is 0 Å². The highest BCUT2D eigenvalue weighted by molar-refractivity contribution is 7.98. The summed E-state index contributed by atoms with van der Waals surface area (Å²) in [5, 5.41) is 5.79. The Hall–Kier alpha value is -1.01. The minimum atomic E-state index is 0. The molecule has 2 fully saturated rings. The molecule has 3 nitrogen and oxygen atoms in total. The second kappa shape index (κ2) is 9.97. The molecular formula is C21H27ClN2OS2. The Morgan fingerprint density at radius 3 is 2.59 bits per heavy atom. The van der Waals surface area contributed by atoms with E-state index in [9.17, 15) is 4.79 Å². The zero-order valence-electron chi connectivity index (χ0n) is 15.4. The second-order valence-electron chi connectivity index (χ2n) is 7.28. The number of thioether (sulfide) groups is 1. The fourth-order valence-corrected chi connectivity index (χ4v) is 5.24. The second-order valence-corrected chi connectivity index (χ2v) is 9.33. The van der Waals surface area contributed by atoms with Gasteiger partial charge in [-0.3, -0.25) is 4.79 Å². The number of hydrogen-bond acceptors (Lipinski definition) is 4. The molecule has 1 amide bonds. The van der Waals surface area contributed by atoms with Crippen LogP contribution in [0, 0.1) is 5.92 Å². The molecule has 1 aliphatic carbocycles. The Kier molecular flexibility index (Phi) is 7.65. The predicted molar refractivity (Wildman–Crippen MR) is 117 cm³/mol. The van der Waals surface area contributed by atoms with Gasteiger partial charge in [-0.25, -0.2) is 0 Å². The van der Waals surface area contributed by atoms with Gasteiger partial charge in [0.25, 0.3) is 5.91 Å². The fraction of sp³-hybridized carbons (Fsp3) is 0.476. The van der Waals surface area contributed by atoms with Gasteiger partial charge in [0.2, 0.25) is 0 Å². The average molecular weight is 423 g/mol. The summed E-state index contributed by atoms with van der Waals surface area (Å²) < 4.78 is 0. The number of carbonyl (C=O) groups excluding carboxylic acids is 1. The van der Waals surface area contributed by atoms with Crippen LogP contribution in [0.1, 0.15) is 40.9 Å². The lowest BCUT2D eigenvalue weighted by Crippen LogP contribution is -2.45. The number of thiophene rings is 1. The standard InChI is InChI=1S/C21H26N2OS2.ClH/c24-21(23-11-9-17(10-12-23)22-14-16-7-8-16)19-5-1-2-6-20(19)26-15-18-4-3-13-25-18;/h1-6,13,16-17,22H,7-12,14-15H2;1H. The molecule has 0 spiro atoms. The maximum absolute atomic E-state index is 13.1. The molecule has 1 aromatic heterocycles. The maximum Gasteiger partial charge on any atom is 0.254 e. The number of rotatable bonds is 7. The van der Waals surface area contributed by atoms with E-state index in [0.717, 1.165) is 48.1 Å². The number of amides is 1. The summed E-state index contributed by atoms with van der Waals surface area (Å²) in [6.07, 6.45) is 4.93. The molecule has 2 heterocycles. The third-order valence-electron chi connectivity index (χ3n) is 5.24. The monoisotopic (exact) mass is 422 g/mol. The number of piperidine rings is 1. The summed E-state index contributed by atoms with van der Waals surface area (Å²) in [6.45, 7) is 2.90. The van der Waals surface area contributed by atoms with Gasteiger partial charge in [0.05, 0.1) is 5.56 Å². The van der Waals surface area contributed by atoms with E-state index < -0.39 is 0 Å². The van der Waals surface area contributed by atoms with E-state index in [1.807, 2.05) is 23.1 Å². The SMILES string of the molecule is Cl.O=C(c1ccccc1SCc1cccs1)N1CCC(NCC2CC2)CC1. The van der Waals surface area contributed by atoms with E-state index >= 15 is 0 Å². The van der Waals surface area contributed by atoms with Crippen molar-refractivity contribution in [1.29, 1.82) is 0 Å². The highest BCUT2D eigenvalue weighted by atomic mass is 35.5. The van der Waals surface area contributed by atoms with Gasteiger partial charge in [-0.1, -0.05) is 18.2 Å². The van der Waals surface area contributed by atoms with Crippen molar-refractivity contribution in [3.05, 3.63) is 52.2 Å². The van der Waals surface area contributed by atoms with Crippen LogP contribution in [0.5, 0.6) is 0 Å². The van der Waals surface area contributed by atoms with Crippen molar-refractivity contribution >= 4 is 41.4 Å². The van der Waals surface area contributed by atoms with Crippen molar-refractivity contribution < 1.29 is 4.79 Å². The van der Waals surface area contributed by atoms with E-state index in [1.54, 1.807) is 23.1 Å². The van der Waals surface area contributed by atoms with Crippen LogP contribution in [-0.2, 0) is 5.75 Å². The number of nitrogens with zero attached hydrogens (tertiary/aromatic N) is 1. The van der Waals surface area contributed by atoms with Gasteiger partial charge < -0.3 is 10.2 Å². The minimum absolute atomic E-state index is 0. The largest absolute Gasteiger partial charge is 0.338 e. The Bertz CT molecular complexity index is 726. The summed E-state index contributed by atoms with van der Waals surface area (Å²) in [5.41, 5.74) is 0.860. The molecule has 0 radical (unpaired) electrons. The van der Waals surface area contributed by atoms with Crippen LogP contribution in [-0.4, -0.2) is 36.5 Å². The van der Waals surface area contributed by atoms with Crippen LogP contribution in [0.25, 0.3) is 0 Å². The van der Waals surface area contributed by atoms with E-state index in [0.29, 0.717) is 6.04 Å². The molecule has 2 aliphatic rings. The van der Waals surface area contributed by atoms with Crippen molar-refractivity contribution in [1.82, 2.24) is 10.2 Å². The summed E-state index contributed by atoms with van der Waals surface area (Å²) in [4.78, 5) is 17.5. The highest BCUT2D eigenvalue weighted by Crippen LogP contribution is 2.30. The van der Waals surface area contributed by atoms with Crippen molar-refractivity contribution in [2.75, 3.05) is 19.6 Å². The van der Waals surface area contributed by atoms with Crippen LogP contribution >= 0.6 is 35.5 Å². The summed E-state index contributed by atoms with van der Waals surface area (Å²) in [6, 6.07) is 12.9. The molecule has 1 aromatic carbocycles. The quantitative estimate of drug-likeness (QED) is 0.632. The Labute approximate surface area is 176 Å². The van der Waals surface area contributed by atoms with Crippen molar-refractivity contribution in [3.8, 4) is 0 Å². The molecule has 1 N–H and O–H groups in total. The third-order valence-corrected chi connectivity index (χ3v) is 7.42. The molecule has 0 bridgehead atoms. The molecule has 146 valence electrons. The van der Waals surface area contributed by atoms with Crippen molar-refractivity contribution in [2.45, 2.75) is 42.4 Å². The molecule has 0 atom stereocenters. The Morgan fingerprint density at radius 1 is 1.11 bits per heavy atom. The number of likely N-dealkylation sites (tertiary alicyclic amines) is 1. The van der Waals surface area contributed by atoms with Gasteiger partial charge in [0, 0.05) is 34.7 Å². The molecule has 1 saturated heterocycles. The maximum atomic E-state index is 13.1. The first kappa shape index (κ1) is 20.7. The van der Waals surface area contributed by atoms with Crippen LogP contribution in [0.3, 0.4) is 0 Å². The fourth-order valence-electron chi connectivity index (χ4n) is 3.43. The molecule has 1 saturated carbocycles. The summed E-state index contributed by atoms with van der Waals surface area (Å²) in [7, 11) is 0. The molecular weight excluding hydrogens is 396 g/mol. The number of carbonyl (C=O) groups is 1. The van der Waals surface area contributed by atoms with Gasteiger partial charge in [-0.05, 0) is 61.7 Å². The predicted octanol–water partition coefficient (Wildman–Crippen LogP) is 5.07. The number of hydrogen-bond donors (Lipinski definition) is 1. The number of nitrogens with one attached hydrogen (secondary N) is 1. The van der Waals surface area contributed by atoms with E-state index in [-0.39, 0.29) is 18.3 Å². The summed E-state index contributed by atoms with van der Waals surface area (Å²) >= 11 is 3.54. The lowest BCUT2D eigenvalue weighted by molar-refractivity contribution is 0.0701. The van der Waals surface area contributed by atoms with Crippen LogP contribution in [0.2, 0.25) is 0 Å². The van der Waals surface area contributed by atoms with Crippen LogP contribution in [0.15, 0.2) is 46.7 Å². The van der Waals surface area contributed by atoms with Gasteiger partial charge in [-0.2, -0.15) is 0 Å². The first-order valence-corrected chi connectivity index (χ1v) is 11.4. The minimum Gasteiger partial charge on any atom is -0.338 e. The van der Waals surface area contributed by atoms with Gasteiger partial charge in [0.1, 0.15) is 0 Å². The number of halogens is 1. The van der Waals surface area contributed by atoms with E-state index in [4.69, 9.17) is 0 Å². The Balaban J connectivity index is 0.00000210. The first-order valence-electron chi connectivity index (χ1n) is 9.56. The number of benzene rings is 1. The smallest absolute Gasteiger partial charge is 0.254 e. The van der Waals surface area contributed by atoms with Crippen LogP contribution < -0.4 is 5.32 Å². The Morgan fingerprint density at radius 2 is 1.89 bits per heavy atom. The normalized spacial score (nSPS) is 17.6. The van der Waals surface area contributed by atoms with Crippen LogP contribution in [0.4, 0.5) is 0 Å². The lowest BCUT2D eigenvalue weighted by atomic mass is 10.0. The molecule has 0 unspecified atom stereocenters. The zero-order chi connectivity index (χ0) is 17.8. The van der Waals surface area contributed by atoms with Crippen molar-refractivity contribution in [3.63, 3.8) is 0 Å². The van der Waals surface area contributed by atoms with Gasteiger partial charge in [0.15, 0.2) is 0 Å². The van der Waals surface area contributed by atoms with E-state index in [2.05, 4.69) is 28.9 Å². The molecule has 1 aliphatic heterocycles. The lowest BCUT2D eigenvalue weighted by Gasteiger charge is -2.33. The average Bonchev–Trinajstić information content (AvgIpc) is 3.38. The molecule has 6 heteroatoms. The topological polar surface area (TPSA) is 32.3 Å². The summed E-state index contributed by atoms with van der Waals surface area (Å²) in [5.74, 6) is 2.04. The van der Waals surface area contributed by atoms with Crippen molar-refractivity contribution in [2.24, 2.45) is 5.92 Å². The molecule has 4 rings (SSSR count). The highest BCUT2D eigenvalue weighted by Gasteiger charge is 2.27. The first-order chi connectivity index (χ1) is 12.8. The third kappa shape index (κ3) is 5.74. The van der Waals surface area contributed by atoms with E-state index in [1.165, 1.54) is 24.3 Å². The molecule has 27 heavy (non-hydrogen) atoms. The molecule has 2 aromatic rings.